The highest BCUT2D eigenvalue weighted by Crippen LogP contribution is 2.24. The van der Waals surface area contributed by atoms with Gasteiger partial charge in [0.05, 0.1) is 5.69 Å². The van der Waals surface area contributed by atoms with E-state index in [1.54, 1.807) is 13.8 Å². The van der Waals surface area contributed by atoms with Crippen LogP contribution < -0.4 is 0 Å². The van der Waals surface area contributed by atoms with Gasteiger partial charge in [0.25, 0.3) is 0 Å². The van der Waals surface area contributed by atoms with Gasteiger partial charge in [0, 0.05) is 11.4 Å². The van der Waals surface area contributed by atoms with Gasteiger partial charge in [-0.15, -0.1) is 0 Å². The molecule has 0 aliphatic carbocycles. The summed E-state index contributed by atoms with van der Waals surface area (Å²) in [5.41, 5.74) is 1.35. The lowest BCUT2D eigenvalue weighted by Gasteiger charge is -2.04. The van der Waals surface area contributed by atoms with Crippen LogP contribution in [0.5, 0.6) is 0 Å². The molecule has 1 heterocycles. The second kappa shape index (κ2) is 4.18. The van der Waals surface area contributed by atoms with Crippen LogP contribution in [0.25, 0.3) is 0 Å². The Labute approximate surface area is 89.8 Å². The SMILES string of the molecule is Cc1cc(N=C(Cl)C(F)(F)F)cc(C)n1. The van der Waals surface area contributed by atoms with Crippen molar-refractivity contribution in [1.82, 2.24) is 4.98 Å². The van der Waals surface area contributed by atoms with E-state index in [9.17, 15) is 13.2 Å². The molecule has 6 heteroatoms. The van der Waals surface area contributed by atoms with E-state index < -0.39 is 11.3 Å². The summed E-state index contributed by atoms with van der Waals surface area (Å²) in [7, 11) is 0. The third-order valence-corrected chi connectivity index (χ3v) is 1.83. The van der Waals surface area contributed by atoms with Crippen LogP contribution in [-0.4, -0.2) is 16.3 Å². The van der Waals surface area contributed by atoms with Crippen LogP contribution >= 0.6 is 11.6 Å². The van der Waals surface area contributed by atoms with Crippen LogP contribution in [0.4, 0.5) is 18.9 Å². The van der Waals surface area contributed by atoms with Crippen LogP contribution in [0.15, 0.2) is 17.1 Å². The zero-order valence-corrected chi connectivity index (χ0v) is 8.82. The zero-order chi connectivity index (χ0) is 11.6. The molecule has 0 aliphatic rings. The number of halogens is 4. The molecule has 82 valence electrons. The van der Waals surface area contributed by atoms with E-state index in [-0.39, 0.29) is 5.69 Å². The van der Waals surface area contributed by atoms with Crippen LogP contribution in [0.1, 0.15) is 11.4 Å². The number of alkyl halides is 3. The topological polar surface area (TPSA) is 25.2 Å². The number of nitrogens with zero attached hydrogens (tertiary/aromatic N) is 2. The summed E-state index contributed by atoms with van der Waals surface area (Å²) in [5, 5.41) is -1.38. The smallest absolute Gasteiger partial charge is 0.258 e. The maximum Gasteiger partial charge on any atom is 0.444 e. The lowest BCUT2D eigenvalue weighted by molar-refractivity contribution is -0.0558. The van der Waals surface area contributed by atoms with Gasteiger partial charge < -0.3 is 0 Å². The Bertz CT molecular complexity index is 379. The third-order valence-electron chi connectivity index (χ3n) is 1.53. The van der Waals surface area contributed by atoms with Crippen LogP contribution in [0.3, 0.4) is 0 Å². The summed E-state index contributed by atoms with van der Waals surface area (Å²) >= 11 is 5.00. The molecule has 0 saturated heterocycles. The van der Waals surface area contributed by atoms with E-state index in [1.165, 1.54) is 12.1 Å². The average Bonchev–Trinajstić information content (AvgIpc) is 1.99. The van der Waals surface area contributed by atoms with Crippen LogP contribution in [0.2, 0.25) is 0 Å². The molecule has 0 aliphatic heterocycles. The molecule has 0 N–H and O–H groups in total. The lowest BCUT2D eigenvalue weighted by Crippen LogP contribution is -2.16. The number of aliphatic imine (C=N–C) groups is 1. The van der Waals surface area contributed by atoms with Gasteiger partial charge in [-0.25, -0.2) is 4.99 Å². The second-order valence-corrected chi connectivity index (χ2v) is 3.37. The van der Waals surface area contributed by atoms with Crippen molar-refractivity contribution in [3.05, 3.63) is 23.5 Å². The first-order valence-electron chi connectivity index (χ1n) is 4.06. The predicted octanol–water partition coefficient (Wildman–Crippen LogP) is 3.53. The van der Waals surface area contributed by atoms with Crippen LogP contribution in [0, 0.1) is 13.8 Å². The molecule has 2 nitrogen and oxygen atoms in total. The molecule has 1 aromatic heterocycles. The number of hydrogen-bond acceptors (Lipinski definition) is 2. The Balaban J connectivity index is 3.08. The van der Waals surface area contributed by atoms with Crippen molar-refractivity contribution in [2.45, 2.75) is 20.0 Å². The van der Waals surface area contributed by atoms with Gasteiger partial charge in [0.15, 0.2) is 0 Å². The summed E-state index contributed by atoms with van der Waals surface area (Å²) in [6, 6.07) is 2.86. The molecule has 1 rings (SSSR count). The predicted molar refractivity (Wildman–Crippen MR) is 52.7 cm³/mol. The molecule has 0 radical (unpaired) electrons. The molecule has 0 amide bonds. The Hall–Kier alpha value is -1.10. The third kappa shape index (κ3) is 3.51. The summed E-state index contributed by atoms with van der Waals surface area (Å²) in [5.74, 6) is 0. The highest BCUT2D eigenvalue weighted by Gasteiger charge is 2.34. The van der Waals surface area contributed by atoms with Crippen molar-refractivity contribution in [2.75, 3.05) is 0 Å². The van der Waals surface area contributed by atoms with Gasteiger partial charge in [0.2, 0.25) is 5.17 Å². The normalized spacial score (nSPS) is 13.1. The van der Waals surface area contributed by atoms with Gasteiger partial charge in [-0.2, -0.15) is 13.2 Å². The van der Waals surface area contributed by atoms with E-state index in [0.717, 1.165) is 0 Å². The second-order valence-electron chi connectivity index (χ2n) is 3.01. The van der Waals surface area contributed by atoms with E-state index in [2.05, 4.69) is 9.98 Å². The van der Waals surface area contributed by atoms with Crippen molar-refractivity contribution in [2.24, 2.45) is 4.99 Å². The van der Waals surface area contributed by atoms with Gasteiger partial charge >= 0.3 is 6.18 Å². The van der Waals surface area contributed by atoms with Gasteiger partial charge in [0.1, 0.15) is 0 Å². The van der Waals surface area contributed by atoms with Crippen molar-refractivity contribution in [3.8, 4) is 0 Å². The first kappa shape index (κ1) is 12.0. The minimum Gasteiger partial charge on any atom is -0.258 e. The van der Waals surface area contributed by atoms with Crippen molar-refractivity contribution in [1.29, 1.82) is 0 Å². The van der Waals surface area contributed by atoms with Crippen molar-refractivity contribution in [3.63, 3.8) is 0 Å². The largest absolute Gasteiger partial charge is 0.444 e. The monoisotopic (exact) mass is 236 g/mol. The highest BCUT2D eigenvalue weighted by molar-refractivity contribution is 6.67. The van der Waals surface area contributed by atoms with Crippen molar-refractivity contribution >= 4 is 22.5 Å². The molecule has 0 spiro atoms. The Kier molecular flexibility index (Phi) is 3.34. The van der Waals surface area contributed by atoms with Crippen LogP contribution in [-0.2, 0) is 0 Å². The summed E-state index contributed by atoms with van der Waals surface area (Å²) in [6.45, 7) is 3.35. The maximum absolute atomic E-state index is 12.1. The first-order valence-corrected chi connectivity index (χ1v) is 4.43. The quantitative estimate of drug-likeness (QED) is 0.685. The summed E-state index contributed by atoms with van der Waals surface area (Å²) in [4.78, 5) is 7.28. The Morgan fingerprint density at radius 3 is 2.13 bits per heavy atom. The highest BCUT2D eigenvalue weighted by atomic mass is 35.5. The standard InChI is InChI=1S/C9H8ClF3N2/c1-5-3-7(4-6(2)14-5)15-8(10)9(11,12)13/h3-4H,1-2H3. The number of hydrogen-bond donors (Lipinski definition) is 0. The summed E-state index contributed by atoms with van der Waals surface area (Å²) in [6.07, 6.45) is -4.60. The van der Waals surface area contributed by atoms with E-state index in [0.29, 0.717) is 11.4 Å². The number of aryl methyl sites for hydroxylation is 2. The molecule has 0 atom stereocenters. The molecule has 0 fully saturated rings. The number of rotatable bonds is 1. The lowest BCUT2D eigenvalue weighted by atomic mass is 10.3. The molecule has 1 aromatic rings. The molecule has 0 saturated carbocycles. The molecule has 15 heavy (non-hydrogen) atoms. The number of pyridine rings is 1. The molecular weight excluding hydrogens is 229 g/mol. The first-order chi connectivity index (χ1) is 6.79. The van der Waals surface area contributed by atoms with E-state index >= 15 is 0 Å². The number of aromatic nitrogens is 1. The minimum absolute atomic E-state index is 0.155. The van der Waals surface area contributed by atoms with E-state index in [4.69, 9.17) is 11.6 Å². The zero-order valence-electron chi connectivity index (χ0n) is 8.06. The molecular formula is C9H8ClF3N2. The fraction of sp³-hybridized carbons (Fsp3) is 0.333. The van der Waals surface area contributed by atoms with Gasteiger partial charge in [-0.05, 0) is 26.0 Å². The molecule has 0 aromatic carbocycles. The maximum atomic E-state index is 12.1. The Morgan fingerprint density at radius 2 is 1.73 bits per heavy atom. The fourth-order valence-corrected chi connectivity index (χ4v) is 1.15. The van der Waals surface area contributed by atoms with Gasteiger partial charge in [-0.3, -0.25) is 4.98 Å². The van der Waals surface area contributed by atoms with Gasteiger partial charge in [-0.1, -0.05) is 11.6 Å². The van der Waals surface area contributed by atoms with E-state index in [1.807, 2.05) is 0 Å². The molecule has 0 unspecified atom stereocenters. The fourth-order valence-electron chi connectivity index (χ4n) is 1.05. The average molecular weight is 237 g/mol. The Morgan fingerprint density at radius 1 is 1.27 bits per heavy atom. The van der Waals surface area contributed by atoms with Crippen molar-refractivity contribution < 1.29 is 13.2 Å². The molecule has 0 bridgehead atoms. The summed E-state index contributed by atoms with van der Waals surface area (Å²) < 4.78 is 36.2. The minimum atomic E-state index is -4.60.